The van der Waals surface area contributed by atoms with Crippen LogP contribution in [0.3, 0.4) is 0 Å². The van der Waals surface area contributed by atoms with Crippen molar-refractivity contribution in [3.05, 3.63) is 30.3 Å². The van der Waals surface area contributed by atoms with Crippen LogP contribution in [0.15, 0.2) is 35.2 Å². The van der Waals surface area contributed by atoms with Crippen LogP contribution in [-0.2, 0) is 9.84 Å². The summed E-state index contributed by atoms with van der Waals surface area (Å²) in [5.41, 5.74) is 0. The summed E-state index contributed by atoms with van der Waals surface area (Å²) in [5, 5.41) is 3.20. The molecule has 1 N–H and O–H groups in total. The largest absolute Gasteiger partial charge is 0.313 e. The highest BCUT2D eigenvalue weighted by atomic mass is 35.5. The summed E-state index contributed by atoms with van der Waals surface area (Å²) in [6, 6.07) is 8.79. The Hall–Kier alpha value is -0.580. The lowest BCUT2D eigenvalue weighted by atomic mass is 10.3. The summed E-state index contributed by atoms with van der Waals surface area (Å²) in [6.45, 7) is 0.939. The van der Waals surface area contributed by atoms with E-state index in [1.807, 2.05) is 6.07 Å². The normalized spacial score (nSPS) is 20.4. The smallest absolute Gasteiger partial charge is 0.179 e. The predicted octanol–water partition coefficient (Wildman–Crippen LogP) is 1.63. The van der Waals surface area contributed by atoms with Gasteiger partial charge in [0.25, 0.3) is 0 Å². The maximum atomic E-state index is 11.9. The van der Waals surface area contributed by atoms with Crippen molar-refractivity contribution in [2.45, 2.75) is 23.8 Å². The number of nitrogens with one attached hydrogen (secondary N) is 1. The van der Waals surface area contributed by atoms with Gasteiger partial charge in [-0.2, -0.15) is 0 Å². The Morgan fingerprint density at radius 2 is 1.94 bits per heavy atom. The molecule has 0 saturated carbocycles. The number of benzene rings is 1. The lowest BCUT2D eigenvalue weighted by molar-refractivity contribution is 0.577. The van der Waals surface area contributed by atoms with Crippen LogP contribution < -0.4 is 5.32 Å². The van der Waals surface area contributed by atoms with Crippen LogP contribution in [0.5, 0.6) is 0 Å². The zero-order chi connectivity index (χ0) is 10.7. The molecule has 1 heterocycles. The molecule has 0 aromatic heterocycles. The summed E-state index contributed by atoms with van der Waals surface area (Å²) in [7, 11) is -3.11. The van der Waals surface area contributed by atoms with E-state index in [9.17, 15) is 8.42 Å². The molecular weight excluding hydrogens is 246 g/mol. The fourth-order valence-corrected chi connectivity index (χ4v) is 3.47. The number of hydrogen-bond donors (Lipinski definition) is 1. The van der Waals surface area contributed by atoms with Gasteiger partial charge in [-0.25, -0.2) is 8.42 Å². The van der Waals surface area contributed by atoms with Gasteiger partial charge in [-0.1, -0.05) is 18.2 Å². The molecule has 1 aliphatic heterocycles. The van der Waals surface area contributed by atoms with Crippen molar-refractivity contribution >= 4 is 22.2 Å². The van der Waals surface area contributed by atoms with Crippen LogP contribution in [0, 0.1) is 0 Å². The Morgan fingerprint density at radius 1 is 1.25 bits per heavy atom. The third-order valence-electron chi connectivity index (χ3n) is 2.69. The molecule has 1 fully saturated rings. The molecule has 0 bridgehead atoms. The first-order valence-corrected chi connectivity index (χ1v) is 6.85. The van der Waals surface area contributed by atoms with E-state index >= 15 is 0 Å². The Bertz CT molecular complexity index is 413. The van der Waals surface area contributed by atoms with E-state index in [1.54, 1.807) is 24.3 Å². The van der Waals surface area contributed by atoms with Gasteiger partial charge in [0.1, 0.15) is 0 Å². The molecular formula is C11H16ClNO2S. The van der Waals surface area contributed by atoms with Crippen molar-refractivity contribution < 1.29 is 8.42 Å². The molecule has 1 aliphatic rings. The van der Waals surface area contributed by atoms with Crippen LogP contribution in [0.4, 0.5) is 0 Å². The third-order valence-corrected chi connectivity index (χ3v) is 4.52. The Morgan fingerprint density at radius 3 is 2.50 bits per heavy atom. The molecule has 16 heavy (non-hydrogen) atoms. The fraction of sp³-hybridized carbons (Fsp3) is 0.455. The zero-order valence-corrected chi connectivity index (χ0v) is 10.6. The van der Waals surface area contributed by atoms with E-state index < -0.39 is 9.84 Å². The minimum absolute atomic E-state index is 0. The second-order valence-electron chi connectivity index (χ2n) is 3.89. The molecule has 90 valence electrons. The zero-order valence-electron chi connectivity index (χ0n) is 8.93. The molecule has 1 aromatic carbocycles. The van der Waals surface area contributed by atoms with Crippen molar-refractivity contribution in [1.82, 2.24) is 5.32 Å². The van der Waals surface area contributed by atoms with E-state index in [4.69, 9.17) is 0 Å². The Kier molecular flexibility index (Phi) is 4.77. The molecule has 0 spiro atoms. The highest BCUT2D eigenvalue weighted by Gasteiger charge is 2.23. The van der Waals surface area contributed by atoms with Crippen LogP contribution >= 0.6 is 12.4 Å². The van der Waals surface area contributed by atoms with Gasteiger partial charge in [-0.15, -0.1) is 12.4 Å². The molecule has 0 amide bonds. The first-order valence-electron chi connectivity index (χ1n) is 5.20. The molecule has 3 nitrogen and oxygen atoms in total. The summed E-state index contributed by atoms with van der Waals surface area (Å²) < 4.78 is 23.9. The summed E-state index contributed by atoms with van der Waals surface area (Å²) in [4.78, 5) is 0.429. The van der Waals surface area contributed by atoms with Gasteiger partial charge >= 0.3 is 0 Å². The van der Waals surface area contributed by atoms with E-state index in [1.165, 1.54) is 0 Å². The SMILES string of the molecule is Cl.O=S(=O)(C[C@@H]1CCCN1)c1ccccc1. The average Bonchev–Trinajstić information content (AvgIpc) is 2.71. The maximum absolute atomic E-state index is 11.9. The Labute approximate surface area is 103 Å². The van der Waals surface area contributed by atoms with Crippen molar-refractivity contribution in [3.8, 4) is 0 Å². The van der Waals surface area contributed by atoms with Gasteiger partial charge in [0.2, 0.25) is 0 Å². The summed E-state index contributed by atoms with van der Waals surface area (Å²) in [5.74, 6) is 0.219. The number of halogens is 1. The van der Waals surface area contributed by atoms with Crippen LogP contribution in [-0.4, -0.2) is 26.8 Å². The quantitative estimate of drug-likeness (QED) is 0.900. The van der Waals surface area contributed by atoms with E-state index in [0.717, 1.165) is 19.4 Å². The standard InChI is InChI=1S/C11H15NO2S.ClH/c13-15(14,9-10-5-4-8-12-10)11-6-2-1-3-7-11;/h1-3,6-7,10,12H,4-5,8-9H2;1H/t10-;/m0./s1. The molecule has 0 aliphatic carbocycles. The van der Waals surface area contributed by atoms with Crippen molar-refractivity contribution in [1.29, 1.82) is 0 Å². The van der Waals surface area contributed by atoms with Gasteiger partial charge < -0.3 is 5.32 Å². The van der Waals surface area contributed by atoms with E-state index in [-0.39, 0.29) is 24.2 Å². The highest BCUT2D eigenvalue weighted by molar-refractivity contribution is 7.91. The monoisotopic (exact) mass is 261 g/mol. The number of rotatable bonds is 3. The van der Waals surface area contributed by atoms with Crippen LogP contribution in [0.2, 0.25) is 0 Å². The third kappa shape index (κ3) is 3.20. The minimum atomic E-state index is -3.11. The lowest BCUT2D eigenvalue weighted by Crippen LogP contribution is -2.29. The first-order chi connectivity index (χ1) is 7.18. The fourth-order valence-electron chi connectivity index (χ4n) is 1.89. The Balaban J connectivity index is 0.00000128. The van der Waals surface area contributed by atoms with Gasteiger partial charge in [0.05, 0.1) is 10.6 Å². The van der Waals surface area contributed by atoms with Gasteiger partial charge in [-0.3, -0.25) is 0 Å². The van der Waals surface area contributed by atoms with Crippen molar-refractivity contribution in [2.24, 2.45) is 0 Å². The lowest BCUT2D eigenvalue weighted by Gasteiger charge is -2.10. The highest BCUT2D eigenvalue weighted by Crippen LogP contribution is 2.15. The molecule has 1 atom stereocenters. The second-order valence-corrected chi connectivity index (χ2v) is 5.92. The van der Waals surface area contributed by atoms with Gasteiger partial charge in [-0.05, 0) is 31.5 Å². The van der Waals surface area contributed by atoms with E-state index in [0.29, 0.717) is 4.90 Å². The minimum Gasteiger partial charge on any atom is -0.313 e. The molecule has 1 aromatic rings. The van der Waals surface area contributed by atoms with E-state index in [2.05, 4.69) is 5.32 Å². The van der Waals surface area contributed by atoms with Crippen molar-refractivity contribution in [3.63, 3.8) is 0 Å². The van der Waals surface area contributed by atoms with Crippen LogP contribution in [0.1, 0.15) is 12.8 Å². The maximum Gasteiger partial charge on any atom is 0.179 e. The molecule has 1 saturated heterocycles. The first kappa shape index (κ1) is 13.5. The molecule has 2 rings (SSSR count). The average molecular weight is 262 g/mol. The topological polar surface area (TPSA) is 46.2 Å². The predicted molar refractivity (Wildman–Crippen MR) is 66.8 cm³/mol. The van der Waals surface area contributed by atoms with Crippen molar-refractivity contribution in [2.75, 3.05) is 12.3 Å². The summed E-state index contributed by atoms with van der Waals surface area (Å²) in [6.07, 6.45) is 2.04. The second kappa shape index (κ2) is 5.66. The molecule has 5 heteroatoms. The van der Waals surface area contributed by atoms with Gasteiger partial charge in [0.15, 0.2) is 9.84 Å². The summed E-state index contributed by atoms with van der Waals surface area (Å²) >= 11 is 0. The molecule has 0 radical (unpaired) electrons. The number of hydrogen-bond acceptors (Lipinski definition) is 3. The molecule has 0 unspecified atom stereocenters. The van der Waals surface area contributed by atoms with Gasteiger partial charge in [0, 0.05) is 6.04 Å². The number of sulfone groups is 1. The van der Waals surface area contributed by atoms with Crippen LogP contribution in [0.25, 0.3) is 0 Å².